The van der Waals surface area contributed by atoms with Crippen LogP contribution in [0.4, 0.5) is 17.1 Å². The molecule has 0 bridgehead atoms. The summed E-state index contributed by atoms with van der Waals surface area (Å²) in [6.45, 7) is 0. The molecule has 0 aliphatic rings. The van der Waals surface area contributed by atoms with Crippen LogP contribution < -0.4 is 4.90 Å². The van der Waals surface area contributed by atoms with Crippen molar-refractivity contribution >= 4 is 38.9 Å². The molecule has 12 aromatic rings. The number of fused-ring (bicyclic) bond motifs is 3. The summed E-state index contributed by atoms with van der Waals surface area (Å²) in [4.78, 5) is 7.63. The maximum Gasteiger partial charge on any atom is 0.0715 e. The van der Waals surface area contributed by atoms with Crippen molar-refractivity contribution in [2.75, 3.05) is 4.90 Å². The van der Waals surface area contributed by atoms with Gasteiger partial charge in [-0.3, -0.25) is 0 Å². The second-order valence-electron chi connectivity index (χ2n) is 17.2. The SMILES string of the molecule is c1ccc(-c2ccc(N(c3ccc(-c4ccc5c(c4)c4ccccc4n5-c4ccccc4)cc3)c3ccc(-c4cc(-c5cccc(-c6ccccc6)c5)cc(-c5ccccc5)n4)cc3)cc2)cc1. The lowest BCUT2D eigenvalue weighted by Gasteiger charge is -2.26. The molecule has 2 heterocycles. The van der Waals surface area contributed by atoms with Gasteiger partial charge in [-0.25, -0.2) is 4.98 Å². The van der Waals surface area contributed by atoms with Crippen molar-refractivity contribution in [3.8, 4) is 72.7 Å². The number of para-hydroxylation sites is 2. The minimum absolute atomic E-state index is 0.921. The van der Waals surface area contributed by atoms with E-state index in [4.69, 9.17) is 4.98 Å². The summed E-state index contributed by atoms with van der Waals surface area (Å²) in [6.07, 6.45) is 0. The van der Waals surface area contributed by atoms with Gasteiger partial charge in [0.15, 0.2) is 0 Å². The highest BCUT2D eigenvalue weighted by molar-refractivity contribution is 6.10. The minimum atomic E-state index is 0.921. The molecule has 2 aromatic heterocycles. The van der Waals surface area contributed by atoms with Crippen LogP contribution in [-0.2, 0) is 0 Å². The van der Waals surface area contributed by atoms with Gasteiger partial charge in [-0.1, -0.05) is 188 Å². The summed E-state index contributed by atoms with van der Waals surface area (Å²) >= 11 is 0. The van der Waals surface area contributed by atoms with Crippen molar-refractivity contribution in [3.05, 3.63) is 273 Å². The van der Waals surface area contributed by atoms with Crippen LogP contribution in [0.5, 0.6) is 0 Å². The second kappa shape index (κ2) is 17.7. The molecule has 0 saturated heterocycles. The number of pyridine rings is 1. The Kier molecular flexibility index (Phi) is 10.6. The van der Waals surface area contributed by atoms with Gasteiger partial charge < -0.3 is 9.47 Å². The highest BCUT2D eigenvalue weighted by Crippen LogP contribution is 2.40. The van der Waals surface area contributed by atoms with Crippen molar-refractivity contribution in [1.82, 2.24) is 9.55 Å². The summed E-state index contributed by atoms with van der Waals surface area (Å²) in [5, 5.41) is 2.48. The average Bonchev–Trinajstić information content (AvgIpc) is 3.76. The van der Waals surface area contributed by atoms with Crippen LogP contribution in [0, 0.1) is 0 Å². The fourth-order valence-electron chi connectivity index (χ4n) is 9.58. The summed E-state index contributed by atoms with van der Waals surface area (Å²) < 4.78 is 2.36. The average molecular weight is 868 g/mol. The van der Waals surface area contributed by atoms with E-state index in [0.717, 1.165) is 62.0 Å². The number of hydrogen-bond donors (Lipinski definition) is 0. The fraction of sp³-hybridized carbons (Fsp3) is 0. The van der Waals surface area contributed by atoms with E-state index in [1.165, 1.54) is 49.6 Å². The van der Waals surface area contributed by atoms with E-state index in [-0.39, 0.29) is 0 Å². The molecule has 0 aliphatic carbocycles. The predicted molar refractivity (Wildman–Crippen MR) is 286 cm³/mol. The lowest BCUT2D eigenvalue weighted by atomic mass is 9.96. The second-order valence-corrected chi connectivity index (χ2v) is 17.2. The van der Waals surface area contributed by atoms with Crippen molar-refractivity contribution in [3.63, 3.8) is 0 Å². The fourth-order valence-corrected chi connectivity index (χ4v) is 9.58. The first kappa shape index (κ1) is 40.5. The summed E-state index contributed by atoms with van der Waals surface area (Å²) in [6, 6.07) is 97.7. The van der Waals surface area contributed by atoms with Gasteiger partial charge in [0, 0.05) is 44.6 Å². The van der Waals surface area contributed by atoms with E-state index < -0.39 is 0 Å². The maximum atomic E-state index is 5.29. The molecule has 0 aliphatic heterocycles. The van der Waals surface area contributed by atoms with E-state index in [0.29, 0.717) is 0 Å². The number of nitrogens with zero attached hydrogens (tertiary/aromatic N) is 3. The van der Waals surface area contributed by atoms with Crippen molar-refractivity contribution < 1.29 is 0 Å². The van der Waals surface area contributed by atoms with Gasteiger partial charge >= 0.3 is 0 Å². The van der Waals surface area contributed by atoms with Gasteiger partial charge in [-0.2, -0.15) is 0 Å². The lowest BCUT2D eigenvalue weighted by Crippen LogP contribution is -2.09. The largest absolute Gasteiger partial charge is 0.311 e. The zero-order chi connectivity index (χ0) is 45.2. The van der Waals surface area contributed by atoms with Gasteiger partial charge in [0.2, 0.25) is 0 Å². The highest BCUT2D eigenvalue weighted by Gasteiger charge is 2.17. The number of aromatic nitrogens is 2. The number of benzene rings is 10. The van der Waals surface area contributed by atoms with E-state index >= 15 is 0 Å². The number of hydrogen-bond acceptors (Lipinski definition) is 2. The molecule has 0 radical (unpaired) electrons. The van der Waals surface area contributed by atoms with Crippen LogP contribution in [0.25, 0.3) is 94.5 Å². The van der Waals surface area contributed by atoms with Crippen LogP contribution in [-0.4, -0.2) is 9.55 Å². The third kappa shape index (κ3) is 7.82. The first-order valence-corrected chi connectivity index (χ1v) is 23.2. The molecule has 10 aromatic carbocycles. The van der Waals surface area contributed by atoms with Gasteiger partial charge in [0.05, 0.1) is 22.4 Å². The zero-order valence-corrected chi connectivity index (χ0v) is 37.3. The lowest BCUT2D eigenvalue weighted by molar-refractivity contribution is 1.18. The quantitative estimate of drug-likeness (QED) is 0.137. The molecular formula is C65H45N3. The van der Waals surface area contributed by atoms with Crippen molar-refractivity contribution in [2.24, 2.45) is 0 Å². The Balaban J connectivity index is 0.921. The third-order valence-electron chi connectivity index (χ3n) is 13.0. The molecule has 0 spiro atoms. The minimum Gasteiger partial charge on any atom is -0.311 e. The highest BCUT2D eigenvalue weighted by atomic mass is 15.1. The Bertz CT molecular complexity index is 3680. The molecule has 3 nitrogen and oxygen atoms in total. The number of rotatable bonds is 10. The summed E-state index contributed by atoms with van der Waals surface area (Å²) in [5.41, 5.74) is 20.1. The van der Waals surface area contributed by atoms with Crippen LogP contribution >= 0.6 is 0 Å². The Hall–Kier alpha value is -9.05. The molecule has 320 valence electrons. The van der Waals surface area contributed by atoms with Gasteiger partial charge in [-0.15, -0.1) is 0 Å². The van der Waals surface area contributed by atoms with Crippen LogP contribution in [0.15, 0.2) is 273 Å². The smallest absolute Gasteiger partial charge is 0.0715 e. The Morgan fingerprint density at radius 1 is 0.250 bits per heavy atom. The Morgan fingerprint density at radius 2 is 0.632 bits per heavy atom. The molecule has 0 saturated carbocycles. The van der Waals surface area contributed by atoms with E-state index in [1.807, 2.05) is 0 Å². The summed E-state index contributed by atoms with van der Waals surface area (Å²) in [7, 11) is 0. The van der Waals surface area contributed by atoms with Crippen LogP contribution in [0.2, 0.25) is 0 Å². The molecule has 0 atom stereocenters. The Labute approximate surface area is 397 Å². The maximum absolute atomic E-state index is 5.29. The molecule has 0 fully saturated rings. The first-order valence-electron chi connectivity index (χ1n) is 23.2. The van der Waals surface area contributed by atoms with Gasteiger partial charge in [0.25, 0.3) is 0 Å². The topological polar surface area (TPSA) is 21.1 Å². The molecule has 0 unspecified atom stereocenters. The Morgan fingerprint density at radius 3 is 1.22 bits per heavy atom. The molecular weight excluding hydrogens is 823 g/mol. The summed E-state index contributed by atoms with van der Waals surface area (Å²) in [5.74, 6) is 0. The van der Waals surface area contributed by atoms with Crippen LogP contribution in [0.3, 0.4) is 0 Å². The number of anilines is 3. The standard InChI is InChI=1S/C65H45N3/c1-5-16-46(17-6-1)48-28-35-57(36-29-48)67(58-37-30-49(31-38-58)54-34-41-65-61(43-54)60-26-13-14-27-64(60)68(65)56-24-11-4-12-25-56)59-39-32-51(33-40-59)63-45-55(44-62(66-63)50-20-9-3-10-21-50)53-23-15-22-52(42-53)47-18-7-2-8-19-47/h1-45H. The van der Waals surface area contributed by atoms with Gasteiger partial charge in [-0.05, 0) is 129 Å². The molecule has 0 amide bonds. The van der Waals surface area contributed by atoms with Crippen molar-refractivity contribution in [1.29, 1.82) is 0 Å². The van der Waals surface area contributed by atoms with Gasteiger partial charge in [0.1, 0.15) is 0 Å². The van der Waals surface area contributed by atoms with E-state index in [1.54, 1.807) is 0 Å². The first-order chi connectivity index (χ1) is 33.7. The van der Waals surface area contributed by atoms with E-state index in [2.05, 4.69) is 282 Å². The molecule has 12 rings (SSSR count). The molecule has 68 heavy (non-hydrogen) atoms. The van der Waals surface area contributed by atoms with Crippen molar-refractivity contribution in [2.45, 2.75) is 0 Å². The van der Waals surface area contributed by atoms with E-state index in [9.17, 15) is 0 Å². The molecule has 0 N–H and O–H groups in total. The normalized spacial score (nSPS) is 11.2. The predicted octanol–water partition coefficient (Wildman–Crippen LogP) is 17.7. The monoisotopic (exact) mass is 867 g/mol. The van der Waals surface area contributed by atoms with Crippen LogP contribution in [0.1, 0.15) is 0 Å². The molecule has 3 heteroatoms. The third-order valence-corrected chi connectivity index (χ3v) is 13.0. The zero-order valence-electron chi connectivity index (χ0n) is 37.3.